The number of rotatable bonds is 4. The lowest BCUT2D eigenvalue weighted by molar-refractivity contribution is 0.0956. The second-order valence-corrected chi connectivity index (χ2v) is 5.81. The third-order valence-corrected chi connectivity index (χ3v) is 3.65. The molecule has 0 spiro atoms. The number of hydrogen-bond donors (Lipinski definition) is 2. The Kier molecular flexibility index (Phi) is 4.80. The van der Waals surface area contributed by atoms with Crippen molar-refractivity contribution in [2.24, 2.45) is 0 Å². The lowest BCUT2D eigenvalue weighted by Gasteiger charge is -2.29. The van der Waals surface area contributed by atoms with Gasteiger partial charge in [-0.25, -0.2) is 0 Å². The van der Waals surface area contributed by atoms with E-state index in [1.165, 1.54) is 0 Å². The first-order valence-electron chi connectivity index (χ1n) is 5.20. The number of aliphatic hydroxyl groups is 1. The van der Waals surface area contributed by atoms with Gasteiger partial charge in [-0.05, 0) is 44.5 Å². The van der Waals surface area contributed by atoms with E-state index in [0.29, 0.717) is 6.54 Å². The highest BCUT2D eigenvalue weighted by atomic mass is 79.9. The molecule has 0 fully saturated rings. The van der Waals surface area contributed by atoms with Gasteiger partial charge < -0.3 is 10.4 Å². The van der Waals surface area contributed by atoms with Crippen LogP contribution in [0.25, 0.3) is 0 Å². The summed E-state index contributed by atoms with van der Waals surface area (Å²) >= 11 is 9.49. The summed E-state index contributed by atoms with van der Waals surface area (Å²) in [5.41, 5.74) is 0.691. The molecule has 16 heavy (non-hydrogen) atoms. The smallest absolute Gasteiger partial charge is 0.0688 e. The Hall–Kier alpha value is -0.0900. The van der Waals surface area contributed by atoms with Gasteiger partial charge >= 0.3 is 0 Å². The highest BCUT2D eigenvalue weighted by molar-refractivity contribution is 9.10. The molecule has 90 valence electrons. The van der Waals surface area contributed by atoms with E-state index in [9.17, 15) is 5.11 Å². The Bertz CT molecular complexity index is 366. The fourth-order valence-electron chi connectivity index (χ4n) is 1.15. The Morgan fingerprint density at radius 3 is 2.69 bits per heavy atom. The van der Waals surface area contributed by atoms with Crippen molar-refractivity contribution in [1.82, 2.24) is 5.32 Å². The van der Waals surface area contributed by atoms with Crippen molar-refractivity contribution in [2.45, 2.75) is 39.0 Å². The van der Waals surface area contributed by atoms with Gasteiger partial charge in [-0.3, -0.25) is 0 Å². The van der Waals surface area contributed by atoms with Crippen molar-refractivity contribution in [3.8, 4) is 0 Å². The average molecular weight is 307 g/mol. The van der Waals surface area contributed by atoms with Crippen molar-refractivity contribution in [3.63, 3.8) is 0 Å². The highest BCUT2D eigenvalue weighted by Crippen LogP contribution is 2.21. The molecule has 0 radical (unpaired) electrons. The maximum absolute atomic E-state index is 9.58. The Labute approximate surface area is 110 Å². The predicted molar refractivity (Wildman–Crippen MR) is 71.8 cm³/mol. The second kappa shape index (κ2) is 5.50. The molecular weight excluding hydrogens is 289 g/mol. The third-order valence-electron chi connectivity index (χ3n) is 2.79. The molecule has 1 unspecified atom stereocenters. The summed E-state index contributed by atoms with van der Waals surface area (Å²) in [6, 6.07) is 5.75. The maximum atomic E-state index is 9.58. The molecule has 0 aromatic heterocycles. The van der Waals surface area contributed by atoms with Crippen LogP contribution in [0.15, 0.2) is 22.7 Å². The van der Waals surface area contributed by atoms with Crippen LogP contribution in [0.4, 0.5) is 0 Å². The fraction of sp³-hybridized carbons (Fsp3) is 0.500. The van der Waals surface area contributed by atoms with Gasteiger partial charge in [0, 0.05) is 21.6 Å². The highest BCUT2D eigenvalue weighted by Gasteiger charge is 2.23. The molecule has 1 rings (SSSR count). The first-order valence-corrected chi connectivity index (χ1v) is 6.37. The van der Waals surface area contributed by atoms with Crippen LogP contribution in [0.2, 0.25) is 5.02 Å². The summed E-state index contributed by atoms with van der Waals surface area (Å²) in [7, 11) is 0. The summed E-state index contributed by atoms with van der Waals surface area (Å²) in [5.74, 6) is 0. The van der Waals surface area contributed by atoms with Crippen LogP contribution in [-0.4, -0.2) is 16.7 Å². The molecule has 2 N–H and O–H groups in total. The van der Waals surface area contributed by atoms with E-state index in [2.05, 4.69) is 21.2 Å². The molecule has 0 heterocycles. The number of benzene rings is 1. The van der Waals surface area contributed by atoms with Gasteiger partial charge in [0.2, 0.25) is 0 Å². The third kappa shape index (κ3) is 3.74. The largest absolute Gasteiger partial charge is 0.392 e. The second-order valence-electron chi connectivity index (χ2n) is 4.49. The summed E-state index contributed by atoms with van der Waals surface area (Å²) in [6.07, 6.45) is -0.418. The Morgan fingerprint density at radius 1 is 1.50 bits per heavy atom. The van der Waals surface area contributed by atoms with Gasteiger partial charge in [0.05, 0.1) is 6.10 Å². The van der Waals surface area contributed by atoms with Crippen LogP contribution < -0.4 is 5.32 Å². The van der Waals surface area contributed by atoms with Gasteiger partial charge in [-0.1, -0.05) is 27.5 Å². The van der Waals surface area contributed by atoms with Crippen LogP contribution in [0.5, 0.6) is 0 Å². The number of nitrogens with one attached hydrogen (secondary N) is 1. The van der Waals surface area contributed by atoms with Crippen molar-refractivity contribution >= 4 is 27.5 Å². The molecule has 1 aromatic rings. The molecule has 4 heteroatoms. The van der Waals surface area contributed by atoms with E-state index in [1.54, 1.807) is 6.92 Å². The summed E-state index contributed by atoms with van der Waals surface area (Å²) in [6.45, 7) is 6.33. The first-order chi connectivity index (χ1) is 7.33. The van der Waals surface area contributed by atoms with Gasteiger partial charge in [0.15, 0.2) is 0 Å². The molecule has 0 saturated heterocycles. The molecule has 1 atom stereocenters. The molecule has 0 saturated carbocycles. The molecular formula is C12H17BrClNO. The van der Waals surface area contributed by atoms with Crippen LogP contribution in [0.3, 0.4) is 0 Å². The van der Waals surface area contributed by atoms with Crippen molar-refractivity contribution in [3.05, 3.63) is 33.3 Å². The number of halogens is 2. The maximum Gasteiger partial charge on any atom is 0.0688 e. The number of aliphatic hydroxyl groups excluding tert-OH is 1. The first kappa shape index (κ1) is 14.0. The molecule has 0 amide bonds. The Balaban J connectivity index is 2.71. The van der Waals surface area contributed by atoms with Gasteiger partial charge in [0.1, 0.15) is 0 Å². The van der Waals surface area contributed by atoms with E-state index in [-0.39, 0.29) is 5.54 Å². The van der Waals surface area contributed by atoms with E-state index in [0.717, 1.165) is 15.1 Å². The van der Waals surface area contributed by atoms with Crippen LogP contribution in [0, 0.1) is 0 Å². The van der Waals surface area contributed by atoms with E-state index >= 15 is 0 Å². The zero-order valence-electron chi connectivity index (χ0n) is 9.72. The van der Waals surface area contributed by atoms with E-state index in [4.69, 9.17) is 11.6 Å². The van der Waals surface area contributed by atoms with Crippen molar-refractivity contribution in [2.75, 3.05) is 0 Å². The zero-order chi connectivity index (χ0) is 12.3. The SMILES string of the molecule is CC(O)C(C)(C)NCc1cc(Br)ccc1Cl. The van der Waals surface area contributed by atoms with Crippen LogP contribution in [-0.2, 0) is 6.54 Å². The Morgan fingerprint density at radius 2 is 2.12 bits per heavy atom. The summed E-state index contributed by atoms with van der Waals surface area (Å²) in [5, 5.41) is 13.6. The topological polar surface area (TPSA) is 32.3 Å². The van der Waals surface area contributed by atoms with E-state index < -0.39 is 6.10 Å². The summed E-state index contributed by atoms with van der Waals surface area (Å²) in [4.78, 5) is 0. The van der Waals surface area contributed by atoms with Crippen molar-refractivity contribution < 1.29 is 5.11 Å². The van der Waals surface area contributed by atoms with Crippen LogP contribution >= 0.6 is 27.5 Å². The molecule has 0 bridgehead atoms. The monoisotopic (exact) mass is 305 g/mol. The molecule has 0 aliphatic heterocycles. The average Bonchev–Trinajstić information content (AvgIpc) is 2.19. The molecule has 1 aromatic carbocycles. The fourth-order valence-corrected chi connectivity index (χ4v) is 1.74. The molecule has 0 aliphatic carbocycles. The lowest BCUT2D eigenvalue weighted by Crippen LogP contribution is -2.47. The van der Waals surface area contributed by atoms with Gasteiger partial charge in [0.25, 0.3) is 0 Å². The molecule has 2 nitrogen and oxygen atoms in total. The molecule has 0 aliphatic rings. The van der Waals surface area contributed by atoms with Crippen LogP contribution in [0.1, 0.15) is 26.3 Å². The zero-order valence-corrected chi connectivity index (χ0v) is 12.1. The minimum atomic E-state index is -0.418. The minimum Gasteiger partial charge on any atom is -0.392 e. The van der Waals surface area contributed by atoms with Gasteiger partial charge in [-0.2, -0.15) is 0 Å². The quantitative estimate of drug-likeness (QED) is 0.894. The number of hydrogen-bond acceptors (Lipinski definition) is 2. The predicted octanol–water partition coefficient (Wildman–Crippen LogP) is 3.35. The summed E-state index contributed by atoms with van der Waals surface area (Å²) < 4.78 is 1.00. The lowest BCUT2D eigenvalue weighted by atomic mass is 9.98. The normalized spacial score (nSPS) is 13.9. The minimum absolute atomic E-state index is 0.328. The standard InChI is InChI=1S/C12H17BrClNO/c1-8(16)12(2,3)15-7-9-6-10(13)4-5-11(9)14/h4-6,8,15-16H,7H2,1-3H3. The van der Waals surface area contributed by atoms with Gasteiger partial charge in [-0.15, -0.1) is 0 Å². The van der Waals surface area contributed by atoms with Crippen molar-refractivity contribution in [1.29, 1.82) is 0 Å². The van der Waals surface area contributed by atoms with E-state index in [1.807, 2.05) is 32.0 Å².